The van der Waals surface area contributed by atoms with Crippen molar-refractivity contribution in [1.29, 1.82) is 0 Å². The van der Waals surface area contributed by atoms with Crippen LogP contribution in [0.3, 0.4) is 0 Å². The maximum absolute atomic E-state index is 13.8. The summed E-state index contributed by atoms with van der Waals surface area (Å²) in [7, 11) is 1.66. The number of nitrogens with one attached hydrogen (secondary N) is 2. The van der Waals surface area contributed by atoms with E-state index in [1.54, 1.807) is 12.0 Å². The fraction of sp³-hybridized carbons (Fsp3) is 0.429. The molecule has 3 amide bonds. The number of benzene rings is 2. The second-order valence-corrected chi connectivity index (χ2v) is 10.3. The summed E-state index contributed by atoms with van der Waals surface area (Å²) in [5.41, 5.74) is 3.06. The summed E-state index contributed by atoms with van der Waals surface area (Å²) in [6.07, 6.45) is 1.20. The van der Waals surface area contributed by atoms with Crippen LogP contribution in [0.25, 0.3) is 10.9 Å². The second kappa shape index (κ2) is 9.04. The number of rotatable bonds is 8. The Labute approximate surface area is 206 Å². The van der Waals surface area contributed by atoms with Gasteiger partial charge in [-0.1, -0.05) is 44.2 Å². The lowest BCUT2D eigenvalue weighted by molar-refractivity contribution is -0.133. The Morgan fingerprint density at radius 1 is 1.17 bits per heavy atom. The summed E-state index contributed by atoms with van der Waals surface area (Å²) in [5, 5.41) is 4.45. The molecular weight excluding hydrogens is 440 g/mol. The third-order valence-electron chi connectivity index (χ3n) is 7.28. The minimum Gasteiger partial charge on any atom is -0.497 e. The van der Waals surface area contributed by atoms with Gasteiger partial charge in [0.2, 0.25) is 0 Å². The first-order valence-corrected chi connectivity index (χ1v) is 12.4. The maximum Gasteiger partial charge on any atom is 0.328 e. The topological polar surface area (TPSA) is 77.7 Å². The minimum absolute atomic E-state index is 0.116. The van der Waals surface area contributed by atoms with Crippen molar-refractivity contribution in [2.75, 3.05) is 26.7 Å². The molecule has 2 aliphatic rings. The number of amides is 3. The first-order chi connectivity index (χ1) is 16.8. The van der Waals surface area contributed by atoms with Crippen LogP contribution in [0.4, 0.5) is 4.79 Å². The Morgan fingerprint density at radius 3 is 2.66 bits per heavy atom. The highest BCUT2D eigenvalue weighted by molar-refractivity contribution is 6.08. The minimum atomic E-state index is -0.950. The molecule has 2 aromatic carbocycles. The van der Waals surface area contributed by atoms with E-state index in [-0.39, 0.29) is 18.0 Å². The van der Waals surface area contributed by atoms with E-state index in [2.05, 4.69) is 24.1 Å². The van der Waals surface area contributed by atoms with Crippen LogP contribution >= 0.6 is 0 Å². The van der Waals surface area contributed by atoms with Crippen molar-refractivity contribution in [3.63, 3.8) is 0 Å². The fourth-order valence-electron chi connectivity index (χ4n) is 5.55. The van der Waals surface area contributed by atoms with E-state index < -0.39 is 5.54 Å². The van der Waals surface area contributed by atoms with Crippen LogP contribution in [0.15, 0.2) is 48.5 Å². The molecule has 35 heavy (non-hydrogen) atoms. The molecule has 7 nitrogen and oxygen atoms in total. The lowest BCUT2D eigenvalue weighted by Crippen LogP contribution is -2.53. The Balaban J connectivity index is 1.54. The lowest BCUT2D eigenvalue weighted by atomic mass is 9.81. The fourth-order valence-corrected chi connectivity index (χ4v) is 5.55. The first-order valence-electron chi connectivity index (χ1n) is 12.4. The van der Waals surface area contributed by atoms with Gasteiger partial charge < -0.3 is 15.0 Å². The quantitative estimate of drug-likeness (QED) is 0.373. The molecule has 1 unspecified atom stereocenters. The van der Waals surface area contributed by atoms with E-state index in [1.165, 1.54) is 4.90 Å². The highest BCUT2D eigenvalue weighted by atomic mass is 16.5. The van der Waals surface area contributed by atoms with Gasteiger partial charge in [0.25, 0.3) is 5.91 Å². The van der Waals surface area contributed by atoms with Crippen molar-refractivity contribution >= 4 is 22.8 Å². The van der Waals surface area contributed by atoms with Crippen LogP contribution in [0, 0.1) is 5.92 Å². The molecule has 1 aromatic heterocycles. The predicted octanol–water partition coefficient (Wildman–Crippen LogP) is 4.48. The SMILES string of the molecule is COc1ccc2[nH]c3c(c2c1)C[C@@]1(C)C(=O)N(CCCNCC(C)C)C(=O)N1C3c1ccccc1. The standard InChI is InChI=1S/C28H34N4O3/c1-18(2)17-29-13-8-14-31-26(33)28(3)16-22-21-15-20(35-4)11-12-23(21)30-24(22)25(32(28)27(31)34)19-9-6-5-7-10-19/h5-7,9-12,15,18,25,29-30H,8,13-14,16-17H2,1-4H3/t25?,28-/m0/s1. The van der Waals surface area contributed by atoms with Gasteiger partial charge in [0.05, 0.1) is 7.11 Å². The zero-order valence-electron chi connectivity index (χ0n) is 20.9. The number of H-pyrrole nitrogens is 1. The Kier molecular flexibility index (Phi) is 6.05. The monoisotopic (exact) mass is 474 g/mol. The Morgan fingerprint density at radius 2 is 1.94 bits per heavy atom. The zero-order chi connectivity index (χ0) is 24.7. The average molecular weight is 475 g/mol. The van der Waals surface area contributed by atoms with E-state index in [0.717, 1.165) is 53.0 Å². The predicted molar refractivity (Wildman–Crippen MR) is 137 cm³/mol. The summed E-state index contributed by atoms with van der Waals surface area (Å²) < 4.78 is 5.48. The number of carbonyl (C=O) groups is 2. The van der Waals surface area contributed by atoms with E-state index in [4.69, 9.17) is 4.74 Å². The highest BCUT2D eigenvalue weighted by Gasteiger charge is 2.59. The van der Waals surface area contributed by atoms with Crippen LogP contribution in [-0.4, -0.2) is 59.0 Å². The molecule has 1 fully saturated rings. The number of hydrogen-bond acceptors (Lipinski definition) is 4. The van der Waals surface area contributed by atoms with Gasteiger partial charge in [0.15, 0.2) is 0 Å². The molecule has 2 N–H and O–H groups in total. The van der Waals surface area contributed by atoms with E-state index >= 15 is 0 Å². The molecule has 0 spiro atoms. The van der Waals surface area contributed by atoms with Crippen molar-refractivity contribution in [2.45, 2.75) is 45.2 Å². The summed E-state index contributed by atoms with van der Waals surface area (Å²) in [6.45, 7) is 8.36. The van der Waals surface area contributed by atoms with E-state index in [0.29, 0.717) is 18.9 Å². The second-order valence-electron chi connectivity index (χ2n) is 10.3. The lowest BCUT2D eigenvalue weighted by Gasteiger charge is -2.42. The maximum atomic E-state index is 13.8. The van der Waals surface area contributed by atoms with Crippen LogP contribution in [0.2, 0.25) is 0 Å². The number of fused-ring (bicyclic) bond motifs is 4. The van der Waals surface area contributed by atoms with Crippen molar-refractivity contribution in [3.05, 3.63) is 65.4 Å². The highest BCUT2D eigenvalue weighted by Crippen LogP contribution is 2.48. The van der Waals surface area contributed by atoms with Crippen LogP contribution in [0.5, 0.6) is 5.75 Å². The zero-order valence-corrected chi connectivity index (χ0v) is 20.9. The number of hydrogen-bond donors (Lipinski definition) is 2. The van der Waals surface area contributed by atoms with Crippen molar-refractivity contribution < 1.29 is 14.3 Å². The molecule has 0 saturated carbocycles. The number of imide groups is 1. The number of nitrogens with zero attached hydrogens (tertiary/aromatic N) is 2. The molecule has 2 aliphatic heterocycles. The van der Waals surface area contributed by atoms with Crippen LogP contribution in [-0.2, 0) is 11.2 Å². The number of carbonyl (C=O) groups excluding carboxylic acids is 2. The van der Waals surface area contributed by atoms with Crippen LogP contribution in [0.1, 0.15) is 50.1 Å². The van der Waals surface area contributed by atoms with E-state index in [1.807, 2.05) is 55.5 Å². The normalized spacial score (nSPS) is 21.7. The molecule has 1 saturated heterocycles. The summed E-state index contributed by atoms with van der Waals surface area (Å²) >= 11 is 0. The first kappa shape index (κ1) is 23.4. The summed E-state index contributed by atoms with van der Waals surface area (Å²) in [6, 6.07) is 15.4. The van der Waals surface area contributed by atoms with Crippen molar-refractivity contribution in [2.24, 2.45) is 5.92 Å². The van der Waals surface area contributed by atoms with Gasteiger partial charge in [0.1, 0.15) is 17.3 Å². The van der Waals surface area contributed by atoms with E-state index in [9.17, 15) is 9.59 Å². The summed E-state index contributed by atoms with van der Waals surface area (Å²) in [5.74, 6) is 1.22. The number of methoxy groups -OCH3 is 1. The molecule has 0 bridgehead atoms. The van der Waals surface area contributed by atoms with Gasteiger partial charge in [-0.25, -0.2) is 4.79 Å². The number of aromatic amines is 1. The van der Waals surface area contributed by atoms with Gasteiger partial charge in [0, 0.05) is 29.6 Å². The average Bonchev–Trinajstić information content (AvgIpc) is 3.29. The third kappa shape index (κ3) is 3.88. The molecule has 0 radical (unpaired) electrons. The number of ether oxygens (including phenoxy) is 1. The molecule has 3 aromatic rings. The number of urea groups is 1. The van der Waals surface area contributed by atoms with Gasteiger partial charge in [-0.05, 0) is 61.7 Å². The Hall–Kier alpha value is -3.32. The molecule has 2 atom stereocenters. The Bertz CT molecular complexity index is 1250. The molecule has 5 rings (SSSR count). The number of aromatic nitrogens is 1. The van der Waals surface area contributed by atoms with Crippen LogP contribution < -0.4 is 10.1 Å². The molecule has 7 heteroatoms. The molecular formula is C28H34N4O3. The van der Waals surface area contributed by atoms with Crippen molar-refractivity contribution in [3.8, 4) is 5.75 Å². The largest absolute Gasteiger partial charge is 0.497 e. The van der Waals surface area contributed by atoms with Gasteiger partial charge >= 0.3 is 6.03 Å². The van der Waals surface area contributed by atoms with Gasteiger partial charge in [-0.3, -0.25) is 14.6 Å². The van der Waals surface area contributed by atoms with Gasteiger partial charge in [-0.15, -0.1) is 0 Å². The third-order valence-corrected chi connectivity index (χ3v) is 7.28. The van der Waals surface area contributed by atoms with Crippen molar-refractivity contribution in [1.82, 2.24) is 20.1 Å². The molecule has 3 heterocycles. The van der Waals surface area contributed by atoms with Gasteiger partial charge in [-0.2, -0.15) is 0 Å². The summed E-state index contributed by atoms with van der Waals surface area (Å²) in [4.78, 5) is 34.5. The molecule has 0 aliphatic carbocycles. The molecule has 184 valence electrons. The smallest absolute Gasteiger partial charge is 0.328 e.